The van der Waals surface area contributed by atoms with Crippen molar-refractivity contribution >= 4 is 5.91 Å². The maximum Gasteiger partial charge on any atom is 0.258 e. The third kappa shape index (κ3) is 4.15. The highest BCUT2D eigenvalue weighted by Crippen LogP contribution is 2.30. The molecule has 0 aromatic heterocycles. The largest absolute Gasteiger partial charge is 0.493 e. The Balaban J connectivity index is 1.88. The van der Waals surface area contributed by atoms with Crippen LogP contribution in [0.5, 0.6) is 11.5 Å². The number of amides is 1. The summed E-state index contributed by atoms with van der Waals surface area (Å²) in [4.78, 5) is 12.1. The zero-order chi connectivity index (χ0) is 16.1. The van der Waals surface area contributed by atoms with Gasteiger partial charge >= 0.3 is 0 Å². The first-order valence-electron chi connectivity index (χ1n) is 8.08. The molecule has 0 spiro atoms. The van der Waals surface area contributed by atoms with Crippen LogP contribution in [0.2, 0.25) is 0 Å². The van der Waals surface area contributed by atoms with Crippen molar-refractivity contribution in [2.45, 2.75) is 46.1 Å². The number of methoxy groups -OCH3 is 1. The Labute approximate surface area is 133 Å². The summed E-state index contributed by atoms with van der Waals surface area (Å²) in [5, 5.41) is 3.11. The van der Waals surface area contributed by atoms with Crippen molar-refractivity contribution in [2.24, 2.45) is 11.8 Å². The third-order valence-electron chi connectivity index (χ3n) is 4.73. The van der Waals surface area contributed by atoms with E-state index in [4.69, 9.17) is 9.47 Å². The molecule has 1 N–H and O–H groups in total. The molecule has 3 unspecified atom stereocenters. The molecule has 0 heterocycles. The van der Waals surface area contributed by atoms with E-state index in [-0.39, 0.29) is 18.6 Å². The average molecular weight is 305 g/mol. The van der Waals surface area contributed by atoms with Crippen LogP contribution in [0.1, 0.15) is 38.7 Å². The molecule has 122 valence electrons. The van der Waals surface area contributed by atoms with E-state index in [2.05, 4.69) is 19.2 Å². The molecule has 0 saturated heterocycles. The van der Waals surface area contributed by atoms with E-state index >= 15 is 0 Å². The van der Waals surface area contributed by atoms with E-state index < -0.39 is 0 Å². The van der Waals surface area contributed by atoms with Gasteiger partial charge in [0.15, 0.2) is 18.1 Å². The Morgan fingerprint density at radius 1 is 1.27 bits per heavy atom. The lowest BCUT2D eigenvalue weighted by atomic mass is 9.78. The van der Waals surface area contributed by atoms with Gasteiger partial charge in [0.2, 0.25) is 0 Å². The molecular formula is C18H27NO3. The summed E-state index contributed by atoms with van der Waals surface area (Å²) in [6, 6.07) is 5.95. The molecule has 1 aromatic rings. The second kappa shape index (κ2) is 7.52. The zero-order valence-corrected chi connectivity index (χ0v) is 14.0. The minimum atomic E-state index is -0.0615. The van der Waals surface area contributed by atoms with Gasteiger partial charge in [0.1, 0.15) is 0 Å². The average Bonchev–Trinajstić information content (AvgIpc) is 2.50. The van der Waals surface area contributed by atoms with Gasteiger partial charge in [-0.15, -0.1) is 0 Å². The molecule has 3 atom stereocenters. The topological polar surface area (TPSA) is 47.6 Å². The number of ether oxygens (including phenoxy) is 2. The highest BCUT2D eigenvalue weighted by atomic mass is 16.5. The van der Waals surface area contributed by atoms with Gasteiger partial charge in [-0.25, -0.2) is 0 Å². The van der Waals surface area contributed by atoms with E-state index in [1.54, 1.807) is 7.11 Å². The van der Waals surface area contributed by atoms with Crippen molar-refractivity contribution < 1.29 is 14.3 Å². The Morgan fingerprint density at radius 3 is 2.77 bits per heavy atom. The molecular weight excluding hydrogens is 278 g/mol. The number of hydrogen-bond donors (Lipinski definition) is 1. The third-order valence-corrected chi connectivity index (χ3v) is 4.73. The Morgan fingerprint density at radius 2 is 2.05 bits per heavy atom. The van der Waals surface area contributed by atoms with Gasteiger partial charge < -0.3 is 14.8 Å². The summed E-state index contributed by atoms with van der Waals surface area (Å²) < 4.78 is 10.9. The summed E-state index contributed by atoms with van der Waals surface area (Å²) in [7, 11) is 1.60. The standard InChI is InChI=1S/C18H27NO3/c1-12-8-9-16(17(10-12)21-4)22-11-18(20)19-15-7-5-6-13(2)14(15)3/h8-10,13-15H,5-7,11H2,1-4H3,(H,19,20). The maximum atomic E-state index is 12.1. The van der Waals surface area contributed by atoms with Gasteiger partial charge in [-0.1, -0.05) is 32.8 Å². The van der Waals surface area contributed by atoms with Crippen LogP contribution in [0, 0.1) is 18.8 Å². The number of carbonyl (C=O) groups is 1. The first-order valence-corrected chi connectivity index (χ1v) is 8.08. The minimum absolute atomic E-state index is 0.0248. The second-order valence-electron chi connectivity index (χ2n) is 6.38. The van der Waals surface area contributed by atoms with Crippen LogP contribution < -0.4 is 14.8 Å². The van der Waals surface area contributed by atoms with Gasteiger partial charge in [0.25, 0.3) is 5.91 Å². The highest BCUT2D eigenvalue weighted by molar-refractivity contribution is 5.78. The molecule has 1 aliphatic carbocycles. The van der Waals surface area contributed by atoms with Crippen molar-refractivity contribution in [1.29, 1.82) is 0 Å². The zero-order valence-electron chi connectivity index (χ0n) is 14.0. The first kappa shape index (κ1) is 16.7. The Hall–Kier alpha value is -1.71. The lowest BCUT2D eigenvalue weighted by Gasteiger charge is -2.34. The van der Waals surface area contributed by atoms with E-state index in [0.717, 1.165) is 12.0 Å². The molecule has 1 saturated carbocycles. The van der Waals surface area contributed by atoms with Crippen molar-refractivity contribution in [3.63, 3.8) is 0 Å². The van der Waals surface area contributed by atoms with E-state index in [0.29, 0.717) is 23.3 Å². The quantitative estimate of drug-likeness (QED) is 0.908. The fraction of sp³-hybridized carbons (Fsp3) is 0.611. The van der Waals surface area contributed by atoms with Crippen LogP contribution in [0.3, 0.4) is 0 Å². The maximum absolute atomic E-state index is 12.1. The summed E-state index contributed by atoms with van der Waals surface area (Å²) in [6.45, 7) is 6.50. The lowest BCUT2D eigenvalue weighted by molar-refractivity contribution is -0.124. The number of nitrogens with one attached hydrogen (secondary N) is 1. The molecule has 0 radical (unpaired) electrons. The molecule has 4 heteroatoms. The minimum Gasteiger partial charge on any atom is -0.493 e. The summed E-state index contributed by atoms with van der Waals surface area (Å²) in [5.74, 6) is 2.39. The molecule has 0 aliphatic heterocycles. The normalized spacial score (nSPS) is 24.6. The summed E-state index contributed by atoms with van der Waals surface area (Å²) in [6.07, 6.45) is 3.50. The van der Waals surface area contributed by atoms with Crippen molar-refractivity contribution in [2.75, 3.05) is 13.7 Å². The van der Waals surface area contributed by atoms with Crippen LogP contribution in [0.15, 0.2) is 18.2 Å². The van der Waals surface area contributed by atoms with E-state index in [9.17, 15) is 4.79 Å². The molecule has 1 fully saturated rings. The van der Waals surface area contributed by atoms with Crippen LogP contribution in [0.25, 0.3) is 0 Å². The van der Waals surface area contributed by atoms with Crippen LogP contribution in [-0.2, 0) is 4.79 Å². The fourth-order valence-corrected chi connectivity index (χ4v) is 3.07. The molecule has 1 amide bonds. The van der Waals surface area contributed by atoms with Gasteiger partial charge in [-0.05, 0) is 42.9 Å². The van der Waals surface area contributed by atoms with Gasteiger partial charge in [0.05, 0.1) is 7.11 Å². The number of rotatable bonds is 5. The van der Waals surface area contributed by atoms with E-state index in [1.165, 1.54) is 12.8 Å². The smallest absolute Gasteiger partial charge is 0.258 e. The lowest BCUT2D eigenvalue weighted by Crippen LogP contribution is -2.45. The molecule has 0 bridgehead atoms. The predicted molar refractivity (Wildman–Crippen MR) is 87.3 cm³/mol. The van der Waals surface area contributed by atoms with Gasteiger partial charge in [-0.2, -0.15) is 0 Å². The van der Waals surface area contributed by atoms with Gasteiger partial charge in [0, 0.05) is 6.04 Å². The van der Waals surface area contributed by atoms with Crippen molar-refractivity contribution in [3.05, 3.63) is 23.8 Å². The molecule has 4 nitrogen and oxygen atoms in total. The van der Waals surface area contributed by atoms with Crippen LogP contribution in [0.4, 0.5) is 0 Å². The number of benzene rings is 1. The number of aryl methyl sites for hydroxylation is 1. The number of hydrogen-bond acceptors (Lipinski definition) is 3. The molecule has 1 aromatic carbocycles. The summed E-state index contributed by atoms with van der Waals surface area (Å²) >= 11 is 0. The molecule has 22 heavy (non-hydrogen) atoms. The van der Waals surface area contributed by atoms with Crippen molar-refractivity contribution in [3.8, 4) is 11.5 Å². The fourth-order valence-electron chi connectivity index (χ4n) is 3.07. The summed E-state index contributed by atoms with van der Waals surface area (Å²) in [5.41, 5.74) is 1.10. The molecule has 2 rings (SSSR count). The first-order chi connectivity index (χ1) is 10.5. The second-order valence-corrected chi connectivity index (χ2v) is 6.38. The monoisotopic (exact) mass is 305 g/mol. The van der Waals surface area contributed by atoms with Gasteiger partial charge in [-0.3, -0.25) is 4.79 Å². The highest BCUT2D eigenvalue weighted by Gasteiger charge is 2.28. The predicted octanol–water partition coefficient (Wildman–Crippen LogP) is 3.32. The SMILES string of the molecule is COc1cc(C)ccc1OCC(=O)NC1CCCC(C)C1C. The Kier molecular flexibility index (Phi) is 5.69. The van der Waals surface area contributed by atoms with Crippen LogP contribution >= 0.6 is 0 Å². The van der Waals surface area contributed by atoms with Crippen LogP contribution in [-0.4, -0.2) is 25.7 Å². The van der Waals surface area contributed by atoms with Crippen molar-refractivity contribution in [1.82, 2.24) is 5.32 Å². The Bertz CT molecular complexity index is 515. The molecule has 1 aliphatic rings. The van der Waals surface area contributed by atoms with E-state index in [1.807, 2.05) is 25.1 Å². The number of carbonyl (C=O) groups excluding carboxylic acids is 1.